The van der Waals surface area contributed by atoms with Gasteiger partial charge in [-0.05, 0) is 50.6 Å². The molecule has 1 aliphatic heterocycles. The molecule has 42 heavy (non-hydrogen) atoms. The molecule has 10 nitrogen and oxygen atoms in total. The molecule has 0 amide bonds. The lowest BCUT2D eigenvalue weighted by atomic mass is 9.93. The summed E-state index contributed by atoms with van der Waals surface area (Å²) in [5.74, 6) is -1.57. The lowest BCUT2D eigenvalue weighted by Gasteiger charge is -2.34. The van der Waals surface area contributed by atoms with Crippen molar-refractivity contribution in [2.24, 2.45) is 0 Å². The normalized spacial score (nSPS) is 15.7. The maximum Gasteiger partial charge on any atom is 0.573 e. The molecule has 1 N–H and O–H groups in total. The number of esters is 1. The van der Waals surface area contributed by atoms with Crippen LogP contribution in [0.5, 0.6) is 5.75 Å². The standard InChI is InChI=1S/C26H27F6N7O3/c1-3-41-23(40)21-17-6-4-15-13-33-24(35-20(15)22(17)39(36-21)14-25(27,28)29)34-18-12-16(38-10-8-37(2)9-11-38)5-7-19(18)42-26(30,31)32/h5,7,12-13H,3-4,6,8-11,14H2,1-2H3,(H,33,34,35). The number of fused-ring (bicyclic) bond motifs is 3. The Hall–Kier alpha value is -4.08. The summed E-state index contributed by atoms with van der Waals surface area (Å²) in [7, 11) is 1.97. The Morgan fingerprint density at radius 1 is 1.07 bits per heavy atom. The van der Waals surface area contributed by atoms with E-state index in [-0.39, 0.29) is 47.3 Å². The van der Waals surface area contributed by atoms with Gasteiger partial charge in [0.2, 0.25) is 5.95 Å². The number of halogens is 6. The Bertz CT molecular complexity index is 1470. The number of likely N-dealkylation sites (N-methyl/N-ethyl adjacent to an activating group) is 1. The van der Waals surface area contributed by atoms with Crippen molar-refractivity contribution < 1.29 is 40.6 Å². The minimum atomic E-state index is -4.98. The fourth-order valence-electron chi connectivity index (χ4n) is 4.97. The highest BCUT2D eigenvalue weighted by molar-refractivity contribution is 5.91. The fourth-order valence-corrected chi connectivity index (χ4v) is 4.97. The van der Waals surface area contributed by atoms with Crippen LogP contribution in [0.25, 0.3) is 11.4 Å². The van der Waals surface area contributed by atoms with Gasteiger partial charge < -0.3 is 24.6 Å². The molecule has 0 bridgehead atoms. The van der Waals surface area contributed by atoms with Crippen molar-refractivity contribution in [1.82, 2.24) is 24.6 Å². The van der Waals surface area contributed by atoms with Crippen LogP contribution >= 0.6 is 0 Å². The van der Waals surface area contributed by atoms with Crippen molar-refractivity contribution in [3.05, 3.63) is 41.2 Å². The van der Waals surface area contributed by atoms with Crippen LogP contribution in [0.2, 0.25) is 0 Å². The van der Waals surface area contributed by atoms with E-state index in [9.17, 15) is 31.1 Å². The van der Waals surface area contributed by atoms with Gasteiger partial charge in [-0.15, -0.1) is 13.2 Å². The summed E-state index contributed by atoms with van der Waals surface area (Å²) in [5.41, 5.74) is 1.10. The second-order valence-corrected chi connectivity index (χ2v) is 9.88. The number of hydrogen-bond acceptors (Lipinski definition) is 9. The van der Waals surface area contributed by atoms with Crippen molar-refractivity contribution in [2.45, 2.75) is 38.8 Å². The number of carbonyl (C=O) groups is 1. The molecule has 1 aliphatic carbocycles. The van der Waals surface area contributed by atoms with E-state index < -0.39 is 30.8 Å². The molecule has 3 heterocycles. The lowest BCUT2D eigenvalue weighted by molar-refractivity contribution is -0.274. The average molecular weight is 600 g/mol. The number of hydrogen-bond donors (Lipinski definition) is 1. The second-order valence-electron chi connectivity index (χ2n) is 9.88. The van der Waals surface area contributed by atoms with E-state index in [4.69, 9.17) is 4.74 Å². The van der Waals surface area contributed by atoms with Gasteiger partial charge in [0, 0.05) is 43.6 Å². The minimum absolute atomic E-state index is 0.00207. The number of aromatic nitrogens is 4. The molecule has 0 unspecified atom stereocenters. The second kappa shape index (κ2) is 11.3. The van der Waals surface area contributed by atoms with Crippen LogP contribution in [-0.2, 0) is 24.1 Å². The fraction of sp³-hybridized carbons (Fsp3) is 0.462. The third kappa shape index (κ3) is 6.53. The van der Waals surface area contributed by atoms with Crippen LogP contribution in [0.1, 0.15) is 28.5 Å². The molecule has 1 saturated heterocycles. The molecule has 0 spiro atoms. The van der Waals surface area contributed by atoms with Crippen molar-refractivity contribution in [1.29, 1.82) is 0 Å². The van der Waals surface area contributed by atoms with Crippen LogP contribution in [-0.4, -0.2) is 83.0 Å². The van der Waals surface area contributed by atoms with Gasteiger partial charge in [-0.2, -0.15) is 18.3 Å². The Labute approximate surface area is 236 Å². The first-order chi connectivity index (χ1) is 19.8. The number of aryl methyl sites for hydroxylation is 1. The minimum Gasteiger partial charge on any atom is -0.461 e. The van der Waals surface area contributed by atoms with E-state index >= 15 is 0 Å². The van der Waals surface area contributed by atoms with Gasteiger partial charge in [-0.25, -0.2) is 14.8 Å². The molecule has 5 rings (SSSR count). The number of piperazine rings is 1. The van der Waals surface area contributed by atoms with Gasteiger partial charge in [0.25, 0.3) is 0 Å². The summed E-state index contributed by atoms with van der Waals surface area (Å²) in [6, 6.07) is 4.18. The summed E-state index contributed by atoms with van der Waals surface area (Å²) in [6.45, 7) is 2.91. The van der Waals surface area contributed by atoms with E-state index in [2.05, 4.69) is 30.0 Å². The van der Waals surface area contributed by atoms with Crippen LogP contribution in [0.4, 0.5) is 43.7 Å². The van der Waals surface area contributed by atoms with Crippen molar-refractivity contribution in [3.63, 3.8) is 0 Å². The van der Waals surface area contributed by atoms with Gasteiger partial charge in [-0.3, -0.25) is 4.68 Å². The van der Waals surface area contributed by atoms with Crippen molar-refractivity contribution in [3.8, 4) is 17.1 Å². The van der Waals surface area contributed by atoms with E-state index in [1.54, 1.807) is 6.92 Å². The third-order valence-electron chi connectivity index (χ3n) is 6.89. The number of rotatable bonds is 7. The van der Waals surface area contributed by atoms with Crippen LogP contribution in [0.3, 0.4) is 0 Å². The number of ether oxygens (including phenoxy) is 2. The number of benzene rings is 1. The molecule has 1 fully saturated rings. The maximum absolute atomic E-state index is 13.5. The zero-order chi connectivity index (χ0) is 30.2. The molecule has 0 radical (unpaired) electrons. The first kappa shape index (κ1) is 29.4. The molecule has 2 aromatic heterocycles. The van der Waals surface area contributed by atoms with Crippen molar-refractivity contribution in [2.75, 3.05) is 50.1 Å². The Balaban J connectivity index is 1.54. The summed E-state index contributed by atoms with van der Waals surface area (Å²) in [4.78, 5) is 25.2. The first-order valence-corrected chi connectivity index (χ1v) is 13.1. The van der Waals surface area contributed by atoms with Crippen molar-refractivity contribution >= 4 is 23.3 Å². The number of nitrogens with zero attached hydrogens (tertiary/aromatic N) is 6. The quantitative estimate of drug-likeness (QED) is 0.310. The molecule has 16 heteroatoms. The predicted octanol–water partition coefficient (Wildman–Crippen LogP) is 4.57. The van der Waals surface area contributed by atoms with Gasteiger partial charge in [0.05, 0.1) is 23.7 Å². The summed E-state index contributed by atoms with van der Waals surface area (Å²) in [5, 5.41) is 6.67. The zero-order valence-electron chi connectivity index (χ0n) is 22.6. The smallest absolute Gasteiger partial charge is 0.461 e. The van der Waals surface area contributed by atoms with Gasteiger partial charge in [0.1, 0.15) is 6.54 Å². The monoisotopic (exact) mass is 599 g/mol. The van der Waals surface area contributed by atoms with E-state index in [0.717, 1.165) is 13.1 Å². The topological polar surface area (TPSA) is 97.6 Å². The number of nitrogens with one attached hydrogen (secondary N) is 1. The highest BCUT2D eigenvalue weighted by atomic mass is 19.4. The Kier molecular flexibility index (Phi) is 7.92. The molecule has 2 aliphatic rings. The molecule has 3 aromatic rings. The van der Waals surface area contributed by atoms with Gasteiger partial charge >= 0.3 is 18.5 Å². The van der Waals surface area contributed by atoms with E-state index in [1.807, 2.05) is 11.9 Å². The van der Waals surface area contributed by atoms with Crippen LogP contribution < -0.4 is 15.0 Å². The molecule has 1 aromatic carbocycles. The highest BCUT2D eigenvalue weighted by Gasteiger charge is 2.36. The summed E-state index contributed by atoms with van der Waals surface area (Å²) >= 11 is 0. The number of anilines is 3. The van der Waals surface area contributed by atoms with E-state index in [1.165, 1.54) is 24.4 Å². The summed E-state index contributed by atoms with van der Waals surface area (Å²) in [6.07, 6.45) is -7.76. The van der Waals surface area contributed by atoms with Gasteiger partial charge in [0.15, 0.2) is 11.4 Å². The third-order valence-corrected chi connectivity index (χ3v) is 6.89. The lowest BCUT2D eigenvalue weighted by Crippen LogP contribution is -2.44. The Morgan fingerprint density at radius 2 is 1.81 bits per heavy atom. The van der Waals surface area contributed by atoms with Crippen LogP contribution in [0, 0.1) is 0 Å². The highest BCUT2D eigenvalue weighted by Crippen LogP contribution is 2.38. The molecular formula is C26H27F6N7O3. The summed E-state index contributed by atoms with van der Waals surface area (Å²) < 4.78 is 89.9. The molecule has 226 valence electrons. The SMILES string of the molecule is CCOC(=O)c1nn(CC(F)(F)F)c2c1CCc1cnc(Nc3cc(N4CCN(C)CC4)ccc3OC(F)(F)F)nc1-2. The van der Waals surface area contributed by atoms with Crippen LogP contribution in [0.15, 0.2) is 24.4 Å². The average Bonchev–Trinajstić information content (AvgIpc) is 3.27. The molecule has 0 saturated carbocycles. The Morgan fingerprint density at radius 3 is 2.48 bits per heavy atom. The first-order valence-electron chi connectivity index (χ1n) is 13.1. The number of alkyl halides is 6. The van der Waals surface area contributed by atoms with E-state index in [0.29, 0.717) is 35.4 Å². The molecule has 0 atom stereocenters. The number of carbonyl (C=O) groups excluding carboxylic acids is 1. The van der Waals surface area contributed by atoms with Gasteiger partial charge in [-0.1, -0.05) is 0 Å². The molecular weight excluding hydrogens is 572 g/mol. The maximum atomic E-state index is 13.5. The zero-order valence-corrected chi connectivity index (χ0v) is 22.6. The predicted molar refractivity (Wildman–Crippen MR) is 139 cm³/mol. The largest absolute Gasteiger partial charge is 0.573 e.